The summed E-state index contributed by atoms with van der Waals surface area (Å²) >= 11 is 0. The van der Waals surface area contributed by atoms with E-state index in [1.165, 1.54) is 0 Å². The number of nitrogens with zero attached hydrogens (tertiary/aromatic N) is 3. The fraction of sp³-hybridized carbons (Fsp3) is 0.500. The van der Waals surface area contributed by atoms with Crippen molar-refractivity contribution in [2.24, 2.45) is 11.8 Å². The van der Waals surface area contributed by atoms with E-state index in [1.807, 2.05) is 18.2 Å². The SMILES string of the molecule is CC(C)CNc1cccc2nc(NC(=O)C3CC3)nn12. The smallest absolute Gasteiger partial charge is 0.249 e. The standard InChI is InChI=1S/C14H19N5O/c1-9(2)8-15-11-4-3-5-12-16-14(18-19(11)12)17-13(20)10-6-7-10/h3-5,9-10,15H,6-8H2,1-2H3,(H,17,18,20). The predicted molar refractivity (Wildman–Crippen MR) is 77.7 cm³/mol. The van der Waals surface area contributed by atoms with Crippen molar-refractivity contribution in [3.05, 3.63) is 18.2 Å². The molecular weight excluding hydrogens is 254 g/mol. The van der Waals surface area contributed by atoms with Gasteiger partial charge in [-0.05, 0) is 30.9 Å². The van der Waals surface area contributed by atoms with Crippen molar-refractivity contribution >= 4 is 23.3 Å². The van der Waals surface area contributed by atoms with E-state index in [1.54, 1.807) is 4.52 Å². The highest BCUT2D eigenvalue weighted by molar-refractivity contribution is 5.92. The highest BCUT2D eigenvalue weighted by Crippen LogP contribution is 2.29. The summed E-state index contributed by atoms with van der Waals surface area (Å²) in [4.78, 5) is 16.1. The van der Waals surface area contributed by atoms with Crippen molar-refractivity contribution < 1.29 is 4.79 Å². The number of hydrogen-bond donors (Lipinski definition) is 2. The Labute approximate surface area is 117 Å². The van der Waals surface area contributed by atoms with Gasteiger partial charge in [0.25, 0.3) is 0 Å². The first kappa shape index (κ1) is 12.9. The van der Waals surface area contributed by atoms with E-state index in [2.05, 4.69) is 34.6 Å². The van der Waals surface area contributed by atoms with Gasteiger partial charge in [0.2, 0.25) is 11.9 Å². The number of aromatic nitrogens is 3. The Hall–Kier alpha value is -2.11. The van der Waals surface area contributed by atoms with Crippen LogP contribution in [0.4, 0.5) is 11.8 Å². The molecule has 0 unspecified atom stereocenters. The average Bonchev–Trinajstić information content (AvgIpc) is 3.17. The molecule has 1 aliphatic rings. The van der Waals surface area contributed by atoms with Crippen LogP contribution >= 0.6 is 0 Å². The molecule has 3 rings (SSSR count). The normalized spacial score (nSPS) is 14.8. The lowest BCUT2D eigenvalue weighted by Gasteiger charge is -2.09. The molecule has 0 aliphatic heterocycles. The first-order valence-corrected chi connectivity index (χ1v) is 7.04. The van der Waals surface area contributed by atoms with Crippen molar-refractivity contribution in [1.29, 1.82) is 0 Å². The van der Waals surface area contributed by atoms with Crippen molar-refractivity contribution in [3.8, 4) is 0 Å². The molecular formula is C14H19N5O. The van der Waals surface area contributed by atoms with Crippen LogP contribution in [-0.4, -0.2) is 27.0 Å². The second-order valence-electron chi connectivity index (χ2n) is 5.65. The molecule has 6 nitrogen and oxygen atoms in total. The minimum atomic E-state index is 0.0256. The molecule has 6 heteroatoms. The zero-order chi connectivity index (χ0) is 14.1. The highest BCUT2D eigenvalue weighted by Gasteiger charge is 2.30. The molecule has 0 aromatic carbocycles. The molecule has 1 aliphatic carbocycles. The van der Waals surface area contributed by atoms with Crippen LogP contribution in [0.15, 0.2) is 18.2 Å². The predicted octanol–water partition coefficient (Wildman–Crippen LogP) is 2.15. The van der Waals surface area contributed by atoms with Crippen LogP contribution in [0.5, 0.6) is 0 Å². The second kappa shape index (κ2) is 5.11. The maximum absolute atomic E-state index is 11.7. The number of hydrogen-bond acceptors (Lipinski definition) is 4. The van der Waals surface area contributed by atoms with Crippen LogP contribution in [0.2, 0.25) is 0 Å². The van der Waals surface area contributed by atoms with E-state index in [-0.39, 0.29) is 11.8 Å². The first-order chi connectivity index (χ1) is 9.63. The van der Waals surface area contributed by atoms with Gasteiger partial charge in [-0.15, -0.1) is 5.10 Å². The van der Waals surface area contributed by atoms with Gasteiger partial charge in [-0.3, -0.25) is 10.1 Å². The van der Waals surface area contributed by atoms with Gasteiger partial charge in [0.15, 0.2) is 5.65 Å². The highest BCUT2D eigenvalue weighted by atomic mass is 16.2. The molecule has 2 aromatic heterocycles. The molecule has 0 saturated heterocycles. The summed E-state index contributed by atoms with van der Waals surface area (Å²) < 4.78 is 1.73. The van der Waals surface area contributed by atoms with Crippen molar-refractivity contribution in [1.82, 2.24) is 14.6 Å². The van der Waals surface area contributed by atoms with Gasteiger partial charge in [0, 0.05) is 12.5 Å². The summed E-state index contributed by atoms with van der Waals surface area (Å²) in [6.45, 7) is 5.16. The Morgan fingerprint density at radius 1 is 1.45 bits per heavy atom. The third kappa shape index (κ3) is 2.74. The molecule has 2 N–H and O–H groups in total. The average molecular weight is 273 g/mol. The van der Waals surface area contributed by atoms with E-state index in [9.17, 15) is 4.79 Å². The van der Waals surface area contributed by atoms with Crippen LogP contribution in [0, 0.1) is 11.8 Å². The van der Waals surface area contributed by atoms with Gasteiger partial charge < -0.3 is 5.32 Å². The fourth-order valence-electron chi connectivity index (χ4n) is 1.96. The van der Waals surface area contributed by atoms with E-state index < -0.39 is 0 Å². The lowest BCUT2D eigenvalue weighted by Crippen LogP contribution is -2.14. The lowest BCUT2D eigenvalue weighted by atomic mass is 10.2. The molecule has 0 atom stereocenters. The number of rotatable bonds is 5. The van der Waals surface area contributed by atoms with Gasteiger partial charge in [0.1, 0.15) is 5.82 Å². The molecule has 1 saturated carbocycles. The molecule has 0 spiro atoms. The van der Waals surface area contributed by atoms with Crippen LogP contribution in [0.3, 0.4) is 0 Å². The van der Waals surface area contributed by atoms with Crippen LogP contribution in [-0.2, 0) is 4.79 Å². The molecule has 20 heavy (non-hydrogen) atoms. The zero-order valence-corrected chi connectivity index (χ0v) is 11.8. The van der Waals surface area contributed by atoms with Crippen molar-refractivity contribution in [3.63, 3.8) is 0 Å². The summed E-state index contributed by atoms with van der Waals surface area (Å²) in [5, 5.41) is 10.5. The van der Waals surface area contributed by atoms with Gasteiger partial charge in [-0.2, -0.15) is 9.50 Å². The van der Waals surface area contributed by atoms with Crippen LogP contribution < -0.4 is 10.6 Å². The van der Waals surface area contributed by atoms with Gasteiger partial charge in [-0.1, -0.05) is 19.9 Å². The summed E-state index contributed by atoms with van der Waals surface area (Å²) in [7, 11) is 0. The Bertz CT molecular complexity index is 630. The van der Waals surface area contributed by atoms with Gasteiger partial charge >= 0.3 is 0 Å². The van der Waals surface area contributed by atoms with Gasteiger partial charge in [-0.25, -0.2) is 0 Å². The van der Waals surface area contributed by atoms with E-state index in [0.29, 0.717) is 11.9 Å². The maximum Gasteiger partial charge on any atom is 0.249 e. The summed E-state index contributed by atoms with van der Waals surface area (Å²) in [6.07, 6.45) is 1.95. The van der Waals surface area contributed by atoms with Gasteiger partial charge in [0.05, 0.1) is 0 Å². The lowest BCUT2D eigenvalue weighted by molar-refractivity contribution is -0.117. The Morgan fingerprint density at radius 3 is 2.95 bits per heavy atom. The number of carbonyl (C=O) groups excluding carboxylic acids is 1. The minimum Gasteiger partial charge on any atom is -0.370 e. The monoisotopic (exact) mass is 273 g/mol. The molecule has 106 valence electrons. The number of carbonyl (C=O) groups is 1. The Morgan fingerprint density at radius 2 is 2.25 bits per heavy atom. The molecule has 1 amide bonds. The third-order valence-corrected chi connectivity index (χ3v) is 3.23. The van der Waals surface area contributed by atoms with E-state index >= 15 is 0 Å². The minimum absolute atomic E-state index is 0.0256. The number of nitrogens with one attached hydrogen (secondary N) is 2. The van der Waals surface area contributed by atoms with Crippen molar-refractivity contribution in [2.75, 3.05) is 17.2 Å². The molecule has 2 heterocycles. The maximum atomic E-state index is 11.7. The quantitative estimate of drug-likeness (QED) is 0.875. The van der Waals surface area contributed by atoms with Crippen LogP contribution in [0.25, 0.3) is 5.65 Å². The Balaban J connectivity index is 1.81. The first-order valence-electron chi connectivity index (χ1n) is 7.04. The molecule has 0 radical (unpaired) electrons. The zero-order valence-electron chi connectivity index (χ0n) is 11.8. The van der Waals surface area contributed by atoms with E-state index in [0.717, 1.165) is 30.9 Å². The third-order valence-electron chi connectivity index (χ3n) is 3.23. The topological polar surface area (TPSA) is 71.3 Å². The largest absolute Gasteiger partial charge is 0.370 e. The summed E-state index contributed by atoms with van der Waals surface area (Å²) in [5.41, 5.74) is 0.727. The summed E-state index contributed by atoms with van der Waals surface area (Å²) in [5.74, 6) is 1.98. The number of amides is 1. The Kier molecular flexibility index (Phi) is 3.30. The number of pyridine rings is 1. The number of fused-ring (bicyclic) bond motifs is 1. The number of anilines is 2. The second-order valence-corrected chi connectivity index (χ2v) is 5.65. The summed E-state index contributed by atoms with van der Waals surface area (Å²) in [6, 6.07) is 5.76. The molecule has 2 aromatic rings. The van der Waals surface area contributed by atoms with Crippen molar-refractivity contribution in [2.45, 2.75) is 26.7 Å². The molecule has 1 fully saturated rings. The van der Waals surface area contributed by atoms with E-state index in [4.69, 9.17) is 0 Å². The molecule has 0 bridgehead atoms. The van der Waals surface area contributed by atoms with Crippen LogP contribution in [0.1, 0.15) is 26.7 Å². The fourth-order valence-corrected chi connectivity index (χ4v) is 1.96.